The van der Waals surface area contributed by atoms with Gasteiger partial charge >= 0.3 is 5.97 Å². The Morgan fingerprint density at radius 2 is 2.00 bits per heavy atom. The lowest BCUT2D eigenvalue weighted by molar-refractivity contribution is -0.159. The highest BCUT2D eigenvalue weighted by atomic mass is 16.6. The third-order valence-electron chi connectivity index (χ3n) is 1.51. The zero-order chi connectivity index (χ0) is 8.85. The topological polar surface area (TPSA) is 66.8 Å². The normalized spacial score (nSPS) is 13.2. The Balaban J connectivity index is 3.92. The average molecular weight is 162 g/mol. The molecule has 66 valence electrons. The van der Waals surface area contributed by atoms with Crippen LogP contribution in [0.4, 0.5) is 0 Å². The second-order valence-corrected chi connectivity index (χ2v) is 2.63. The Bertz CT molecular complexity index is 122. The fourth-order valence-electron chi connectivity index (χ4n) is 0.728. The molecule has 0 spiro atoms. The summed E-state index contributed by atoms with van der Waals surface area (Å²) in [5.74, 6) is -1.05. The van der Waals surface area contributed by atoms with Gasteiger partial charge in [0, 0.05) is 0 Å². The van der Waals surface area contributed by atoms with Crippen molar-refractivity contribution in [1.82, 2.24) is 0 Å². The standard InChI is InChI=1S/C7H14O4/c1-5(2)6(3-8)7(10)11-4-9/h5-6,8-9H,3-4H2,1-2H3. The van der Waals surface area contributed by atoms with E-state index >= 15 is 0 Å². The molecule has 0 aromatic carbocycles. The number of aliphatic hydroxyl groups excluding tert-OH is 2. The van der Waals surface area contributed by atoms with E-state index in [1.165, 1.54) is 0 Å². The van der Waals surface area contributed by atoms with Gasteiger partial charge in [0.25, 0.3) is 0 Å². The highest BCUT2D eigenvalue weighted by Crippen LogP contribution is 2.11. The van der Waals surface area contributed by atoms with E-state index in [1.54, 1.807) is 13.8 Å². The van der Waals surface area contributed by atoms with Crippen LogP contribution in [0.3, 0.4) is 0 Å². The van der Waals surface area contributed by atoms with Gasteiger partial charge in [-0.15, -0.1) is 0 Å². The SMILES string of the molecule is CC(C)C(CO)C(=O)OCO. The Morgan fingerprint density at radius 3 is 2.27 bits per heavy atom. The molecule has 1 unspecified atom stereocenters. The average Bonchev–Trinajstić information content (AvgIpc) is 1.88. The van der Waals surface area contributed by atoms with Gasteiger partial charge in [-0.3, -0.25) is 4.79 Å². The molecule has 0 fully saturated rings. The van der Waals surface area contributed by atoms with Crippen LogP contribution in [0, 0.1) is 11.8 Å². The zero-order valence-corrected chi connectivity index (χ0v) is 6.78. The van der Waals surface area contributed by atoms with E-state index in [-0.39, 0.29) is 12.5 Å². The Kier molecular flexibility index (Phi) is 4.81. The molecule has 0 rings (SSSR count). The van der Waals surface area contributed by atoms with Crippen LogP contribution in [0.5, 0.6) is 0 Å². The molecule has 0 aliphatic heterocycles. The number of hydrogen-bond donors (Lipinski definition) is 2. The molecule has 0 saturated carbocycles. The van der Waals surface area contributed by atoms with Crippen molar-refractivity contribution < 1.29 is 19.7 Å². The summed E-state index contributed by atoms with van der Waals surface area (Å²) in [4.78, 5) is 10.9. The monoisotopic (exact) mass is 162 g/mol. The summed E-state index contributed by atoms with van der Waals surface area (Å²) in [7, 11) is 0. The molecule has 4 heteroatoms. The van der Waals surface area contributed by atoms with E-state index in [4.69, 9.17) is 10.2 Å². The summed E-state index contributed by atoms with van der Waals surface area (Å²) >= 11 is 0. The van der Waals surface area contributed by atoms with Crippen LogP contribution in [0.1, 0.15) is 13.8 Å². The Hall–Kier alpha value is -0.610. The fourth-order valence-corrected chi connectivity index (χ4v) is 0.728. The summed E-state index contributed by atoms with van der Waals surface area (Å²) in [5, 5.41) is 16.9. The number of ether oxygens (including phenoxy) is 1. The second-order valence-electron chi connectivity index (χ2n) is 2.63. The van der Waals surface area contributed by atoms with Crippen molar-refractivity contribution in [2.24, 2.45) is 11.8 Å². The van der Waals surface area contributed by atoms with Gasteiger partial charge in [0.1, 0.15) is 0 Å². The van der Waals surface area contributed by atoms with E-state index in [0.717, 1.165) is 0 Å². The summed E-state index contributed by atoms with van der Waals surface area (Å²) in [6, 6.07) is 0. The maximum atomic E-state index is 10.9. The first-order valence-electron chi connectivity index (χ1n) is 3.51. The number of rotatable bonds is 4. The summed E-state index contributed by atoms with van der Waals surface area (Å²) in [6.07, 6.45) is 0. The maximum absolute atomic E-state index is 10.9. The maximum Gasteiger partial charge on any atom is 0.313 e. The van der Waals surface area contributed by atoms with Crippen molar-refractivity contribution >= 4 is 5.97 Å². The zero-order valence-electron chi connectivity index (χ0n) is 6.78. The van der Waals surface area contributed by atoms with Crippen molar-refractivity contribution in [2.45, 2.75) is 13.8 Å². The van der Waals surface area contributed by atoms with Gasteiger partial charge in [-0.2, -0.15) is 0 Å². The van der Waals surface area contributed by atoms with Gasteiger partial charge < -0.3 is 14.9 Å². The van der Waals surface area contributed by atoms with Gasteiger partial charge in [-0.05, 0) is 5.92 Å². The third kappa shape index (κ3) is 3.34. The van der Waals surface area contributed by atoms with E-state index < -0.39 is 18.7 Å². The smallest absolute Gasteiger partial charge is 0.313 e. The lowest BCUT2D eigenvalue weighted by Crippen LogP contribution is -2.26. The first-order chi connectivity index (χ1) is 5.13. The van der Waals surface area contributed by atoms with Crippen LogP contribution in [-0.2, 0) is 9.53 Å². The number of carbonyl (C=O) groups excluding carboxylic acids is 1. The van der Waals surface area contributed by atoms with Crippen LogP contribution in [0.2, 0.25) is 0 Å². The van der Waals surface area contributed by atoms with Gasteiger partial charge in [0.15, 0.2) is 6.79 Å². The van der Waals surface area contributed by atoms with Gasteiger partial charge in [0.05, 0.1) is 12.5 Å². The summed E-state index contributed by atoms with van der Waals surface area (Å²) < 4.78 is 4.31. The highest BCUT2D eigenvalue weighted by molar-refractivity contribution is 5.72. The quantitative estimate of drug-likeness (QED) is 0.441. The van der Waals surface area contributed by atoms with Gasteiger partial charge in [-0.25, -0.2) is 0 Å². The molecule has 0 aliphatic rings. The van der Waals surface area contributed by atoms with Crippen LogP contribution in [0.15, 0.2) is 0 Å². The van der Waals surface area contributed by atoms with E-state index in [0.29, 0.717) is 0 Å². The van der Waals surface area contributed by atoms with Crippen molar-refractivity contribution in [2.75, 3.05) is 13.4 Å². The molecule has 0 heterocycles. The van der Waals surface area contributed by atoms with Gasteiger partial charge in [-0.1, -0.05) is 13.8 Å². The lowest BCUT2D eigenvalue weighted by Gasteiger charge is -2.15. The van der Waals surface area contributed by atoms with E-state index in [9.17, 15) is 4.79 Å². The molecule has 11 heavy (non-hydrogen) atoms. The lowest BCUT2D eigenvalue weighted by atomic mass is 9.97. The molecular formula is C7H14O4. The van der Waals surface area contributed by atoms with Crippen molar-refractivity contribution in [1.29, 1.82) is 0 Å². The number of aliphatic hydroxyl groups is 2. The minimum atomic E-state index is -0.623. The molecule has 0 radical (unpaired) electrons. The van der Waals surface area contributed by atoms with Crippen LogP contribution in [-0.4, -0.2) is 29.6 Å². The molecule has 0 aromatic heterocycles. The first-order valence-corrected chi connectivity index (χ1v) is 3.51. The molecule has 4 nitrogen and oxygen atoms in total. The Morgan fingerprint density at radius 1 is 1.45 bits per heavy atom. The number of hydrogen-bond acceptors (Lipinski definition) is 4. The fraction of sp³-hybridized carbons (Fsp3) is 0.857. The van der Waals surface area contributed by atoms with Crippen molar-refractivity contribution in [3.63, 3.8) is 0 Å². The van der Waals surface area contributed by atoms with Crippen molar-refractivity contribution in [3.8, 4) is 0 Å². The Labute approximate surface area is 65.8 Å². The summed E-state index contributed by atoms with van der Waals surface area (Å²) in [6.45, 7) is 2.75. The van der Waals surface area contributed by atoms with Crippen molar-refractivity contribution in [3.05, 3.63) is 0 Å². The van der Waals surface area contributed by atoms with E-state index in [1.807, 2.05) is 0 Å². The highest BCUT2D eigenvalue weighted by Gasteiger charge is 2.22. The predicted molar refractivity (Wildman–Crippen MR) is 38.6 cm³/mol. The van der Waals surface area contributed by atoms with Crippen LogP contribution < -0.4 is 0 Å². The number of esters is 1. The minimum Gasteiger partial charge on any atom is -0.438 e. The molecule has 1 atom stereocenters. The number of carbonyl (C=O) groups is 1. The molecule has 0 aromatic rings. The molecule has 0 saturated heterocycles. The minimum absolute atomic E-state index is 0.0269. The molecule has 0 amide bonds. The van der Waals surface area contributed by atoms with Gasteiger partial charge in [0.2, 0.25) is 0 Å². The third-order valence-corrected chi connectivity index (χ3v) is 1.51. The molecule has 2 N–H and O–H groups in total. The molecule has 0 bridgehead atoms. The predicted octanol–water partition coefficient (Wildman–Crippen LogP) is -0.256. The van der Waals surface area contributed by atoms with Crippen LogP contribution in [0.25, 0.3) is 0 Å². The largest absolute Gasteiger partial charge is 0.438 e. The second kappa shape index (κ2) is 5.09. The summed E-state index contributed by atoms with van der Waals surface area (Å²) in [5.41, 5.74) is 0. The van der Waals surface area contributed by atoms with E-state index in [2.05, 4.69) is 4.74 Å². The first kappa shape index (κ1) is 10.4. The molecular weight excluding hydrogens is 148 g/mol. The van der Waals surface area contributed by atoms with Crippen LogP contribution >= 0.6 is 0 Å². The molecule has 0 aliphatic carbocycles.